The van der Waals surface area contributed by atoms with Gasteiger partial charge in [-0.2, -0.15) is 4.98 Å². The molecule has 0 fully saturated rings. The highest BCUT2D eigenvalue weighted by atomic mass is 16.5. The van der Waals surface area contributed by atoms with Gasteiger partial charge in [0, 0.05) is 37.5 Å². The molecule has 2 aromatic heterocycles. The van der Waals surface area contributed by atoms with Gasteiger partial charge in [-0.1, -0.05) is 17.3 Å². The second-order valence-corrected chi connectivity index (χ2v) is 5.46. The zero-order chi connectivity index (χ0) is 18.2. The Labute approximate surface area is 150 Å². The van der Waals surface area contributed by atoms with E-state index >= 15 is 0 Å². The smallest absolute Gasteiger partial charge is 0.315 e. The number of nitrogens with zero attached hydrogens (tertiary/aromatic N) is 3. The van der Waals surface area contributed by atoms with E-state index in [0.29, 0.717) is 31.2 Å². The number of aromatic nitrogens is 3. The first-order valence-corrected chi connectivity index (χ1v) is 8.12. The summed E-state index contributed by atoms with van der Waals surface area (Å²) in [6, 6.07) is 10.8. The largest absolute Gasteiger partial charge is 0.497 e. The van der Waals surface area contributed by atoms with Gasteiger partial charge < -0.3 is 19.9 Å². The maximum Gasteiger partial charge on any atom is 0.315 e. The fourth-order valence-electron chi connectivity index (χ4n) is 2.24. The van der Waals surface area contributed by atoms with Gasteiger partial charge in [0.1, 0.15) is 5.75 Å². The van der Waals surface area contributed by atoms with Crippen molar-refractivity contribution in [2.24, 2.45) is 0 Å². The lowest BCUT2D eigenvalue weighted by Crippen LogP contribution is -2.36. The maximum atomic E-state index is 11.8. The van der Waals surface area contributed by atoms with E-state index in [9.17, 15) is 4.79 Å². The van der Waals surface area contributed by atoms with Gasteiger partial charge >= 0.3 is 6.03 Å². The number of urea groups is 1. The lowest BCUT2D eigenvalue weighted by molar-refractivity contribution is 0.240. The van der Waals surface area contributed by atoms with E-state index in [1.54, 1.807) is 31.6 Å². The number of methoxy groups -OCH3 is 1. The summed E-state index contributed by atoms with van der Waals surface area (Å²) >= 11 is 0. The summed E-state index contributed by atoms with van der Waals surface area (Å²) in [5.74, 6) is 1.75. The second kappa shape index (κ2) is 8.61. The number of pyridine rings is 1. The maximum absolute atomic E-state index is 11.8. The van der Waals surface area contributed by atoms with Crippen LogP contribution in [0.5, 0.6) is 5.75 Å². The van der Waals surface area contributed by atoms with Crippen molar-refractivity contribution in [3.63, 3.8) is 0 Å². The van der Waals surface area contributed by atoms with Crippen LogP contribution < -0.4 is 15.4 Å². The highest BCUT2D eigenvalue weighted by molar-refractivity contribution is 5.73. The van der Waals surface area contributed by atoms with Crippen LogP contribution in [0.1, 0.15) is 11.4 Å². The molecule has 1 aromatic carbocycles. The monoisotopic (exact) mass is 353 g/mol. The van der Waals surface area contributed by atoms with E-state index in [0.717, 1.165) is 16.9 Å². The summed E-state index contributed by atoms with van der Waals surface area (Å²) in [5, 5.41) is 9.47. The van der Waals surface area contributed by atoms with Crippen LogP contribution in [0.2, 0.25) is 0 Å². The molecule has 0 bridgehead atoms. The van der Waals surface area contributed by atoms with Gasteiger partial charge in [0.05, 0.1) is 7.11 Å². The predicted molar refractivity (Wildman–Crippen MR) is 94.5 cm³/mol. The van der Waals surface area contributed by atoms with Crippen molar-refractivity contribution in [2.45, 2.75) is 13.0 Å². The molecule has 2 amide bonds. The third kappa shape index (κ3) is 4.79. The molecule has 2 heterocycles. The van der Waals surface area contributed by atoms with Crippen LogP contribution in [0.3, 0.4) is 0 Å². The molecule has 0 spiro atoms. The van der Waals surface area contributed by atoms with Crippen LogP contribution in [0.4, 0.5) is 4.79 Å². The molecule has 0 aliphatic heterocycles. The fourth-order valence-corrected chi connectivity index (χ4v) is 2.24. The molecule has 134 valence electrons. The number of rotatable bonds is 7. The van der Waals surface area contributed by atoms with Crippen molar-refractivity contribution >= 4 is 6.03 Å². The molecule has 0 radical (unpaired) electrons. The molecule has 26 heavy (non-hydrogen) atoms. The number of nitrogens with one attached hydrogen (secondary N) is 2. The van der Waals surface area contributed by atoms with Gasteiger partial charge in [0.25, 0.3) is 5.89 Å². The lowest BCUT2D eigenvalue weighted by Gasteiger charge is -2.07. The summed E-state index contributed by atoms with van der Waals surface area (Å²) in [6.45, 7) is 0.841. The van der Waals surface area contributed by atoms with E-state index in [1.165, 1.54) is 0 Å². The average molecular weight is 353 g/mol. The SMILES string of the molecule is COc1ccc(CNC(=O)NCCc2noc(-c3ccncc3)n2)cc1. The first-order valence-electron chi connectivity index (χ1n) is 8.12. The van der Waals surface area contributed by atoms with Crippen LogP contribution in [0.25, 0.3) is 11.5 Å². The van der Waals surface area contributed by atoms with Gasteiger partial charge in [0.15, 0.2) is 5.82 Å². The Kier molecular flexibility index (Phi) is 5.76. The number of hydrogen-bond acceptors (Lipinski definition) is 6. The van der Waals surface area contributed by atoms with Crippen LogP contribution in [0, 0.1) is 0 Å². The Morgan fingerprint density at radius 1 is 1.12 bits per heavy atom. The molecule has 0 atom stereocenters. The van der Waals surface area contributed by atoms with E-state index in [1.807, 2.05) is 24.3 Å². The highest BCUT2D eigenvalue weighted by Crippen LogP contribution is 2.15. The normalized spacial score (nSPS) is 10.3. The summed E-state index contributed by atoms with van der Waals surface area (Å²) in [5.41, 5.74) is 1.80. The van der Waals surface area contributed by atoms with Crippen LogP contribution >= 0.6 is 0 Å². The number of amides is 2. The van der Waals surface area contributed by atoms with Crippen LogP contribution in [0.15, 0.2) is 53.3 Å². The van der Waals surface area contributed by atoms with Crippen molar-refractivity contribution in [2.75, 3.05) is 13.7 Å². The molecular formula is C18H19N5O3. The topological polar surface area (TPSA) is 102 Å². The van der Waals surface area contributed by atoms with Crippen molar-refractivity contribution in [1.82, 2.24) is 25.8 Å². The lowest BCUT2D eigenvalue weighted by atomic mass is 10.2. The number of carbonyl (C=O) groups is 1. The van der Waals surface area contributed by atoms with E-state index in [2.05, 4.69) is 25.8 Å². The van der Waals surface area contributed by atoms with E-state index < -0.39 is 0 Å². The Bertz CT molecular complexity index is 834. The van der Waals surface area contributed by atoms with Crippen LogP contribution in [-0.2, 0) is 13.0 Å². The summed E-state index contributed by atoms with van der Waals surface area (Å²) in [7, 11) is 1.62. The molecule has 8 heteroatoms. The minimum atomic E-state index is -0.251. The van der Waals surface area contributed by atoms with Gasteiger partial charge in [-0.3, -0.25) is 4.98 Å². The molecule has 3 aromatic rings. The second-order valence-electron chi connectivity index (χ2n) is 5.46. The molecule has 0 saturated carbocycles. The number of hydrogen-bond donors (Lipinski definition) is 2. The van der Waals surface area contributed by atoms with Gasteiger partial charge in [-0.05, 0) is 29.8 Å². The Hall–Kier alpha value is -3.42. The van der Waals surface area contributed by atoms with Gasteiger partial charge in [-0.25, -0.2) is 4.79 Å². The van der Waals surface area contributed by atoms with Gasteiger partial charge in [-0.15, -0.1) is 0 Å². The molecule has 0 aliphatic carbocycles. The molecule has 8 nitrogen and oxygen atoms in total. The minimum Gasteiger partial charge on any atom is -0.497 e. The summed E-state index contributed by atoms with van der Waals surface area (Å²) in [6.07, 6.45) is 3.80. The Morgan fingerprint density at radius 3 is 2.62 bits per heavy atom. The third-order valence-corrected chi connectivity index (χ3v) is 3.64. The number of carbonyl (C=O) groups excluding carboxylic acids is 1. The van der Waals surface area contributed by atoms with Crippen LogP contribution in [-0.4, -0.2) is 34.8 Å². The fraction of sp³-hybridized carbons (Fsp3) is 0.222. The molecular weight excluding hydrogens is 334 g/mol. The van der Waals surface area contributed by atoms with Crippen molar-refractivity contribution < 1.29 is 14.1 Å². The Balaban J connectivity index is 1.40. The third-order valence-electron chi connectivity index (χ3n) is 3.64. The van der Waals surface area contributed by atoms with Crippen molar-refractivity contribution in [3.05, 3.63) is 60.2 Å². The summed E-state index contributed by atoms with van der Waals surface area (Å²) < 4.78 is 10.3. The van der Waals surface area contributed by atoms with Gasteiger partial charge in [0.2, 0.25) is 0 Å². The molecule has 0 aliphatic rings. The van der Waals surface area contributed by atoms with Crippen molar-refractivity contribution in [3.8, 4) is 17.2 Å². The standard InChI is InChI=1S/C18H19N5O3/c1-25-15-4-2-13(3-5-15)12-21-18(24)20-11-8-16-22-17(26-23-16)14-6-9-19-10-7-14/h2-7,9-10H,8,11-12H2,1H3,(H2,20,21,24). The first kappa shape index (κ1) is 17.4. The van der Waals surface area contributed by atoms with Crippen molar-refractivity contribution in [1.29, 1.82) is 0 Å². The zero-order valence-electron chi connectivity index (χ0n) is 14.3. The average Bonchev–Trinajstić information content (AvgIpc) is 3.16. The van der Waals surface area contributed by atoms with E-state index in [4.69, 9.17) is 9.26 Å². The minimum absolute atomic E-state index is 0.251. The Morgan fingerprint density at radius 2 is 1.88 bits per heavy atom. The summed E-state index contributed by atoms with van der Waals surface area (Å²) in [4.78, 5) is 20.1. The zero-order valence-corrected chi connectivity index (χ0v) is 14.3. The number of ether oxygens (including phenoxy) is 1. The predicted octanol–water partition coefficient (Wildman–Crippen LogP) is 2.18. The molecule has 2 N–H and O–H groups in total. The molecule has 0 saturated heterocycles. The quantitative estimate of drug-likeness (QED) is 0.675. The molecule has 0 unspecified atom stereocenters. The highest BCUT2D eigenvalue weighted by Gasteiger charge is 2.09. The first-order chi connectivity index (χ1) is 12.7. The molecule has 3 rings (SSSR count). The van der Waals surface area contributed by atoms with E-state index in [-0.39, 0.29) is 6.03 Å². The number of benzene rings is 1.